The predicted octanol–water partition coefficient (Wildman–Crippen LogP) is 2.03. The van der Waals surface area contributed by atoms with Crippen LogP contribution in [0.3, 0.4) is 0 Å². The third-order valence-electron chi connectivity index (χ3n) is 3.61. The summed E-state index contributed by atoms with van der Waals surface area (Å²) in [6, 6.07) is 9.70. The van der Waals surface area contributed by atoms with Gasteiger partial charge in [0.1, 0.15) is 0 Å². The zero-order chi connectivity index (χ0) is 15.8. The van der Waals surface area contributed by atoms with E-state index in [1.54, 1.807) is 0 Å². The second-order valence-corrected chi connectivity index (χ2v) is 6.18. The second-order valence-electron chi connectivity index (χ2n) is 6.18. The molecule has 0 heterocycles. The van der Waals surface area contributed by atoms with Crippen molar-refractivity contribution < 1.29 is 9.90 Å². The number of amides is 1. The van der Waals surface area contributed by atoms with Crippen LogP contribution < -0.4 is 11.1 Å². The lowest BCUT2D eigenvalue weighted by molar-refractivity contribution is -0.123. The topological polar surface area (TPSA) is 75.3 Å². The molecule has 0 spiro atoms. The Balaban J connectivity index is 2.34. The number of rotatable bonds is 8. The molecular formula is C17H28N2O2. The highest BCUT2D eigenvalue weighted by Crippen LogP contribution is 2.13. The summed E-state index contributed by atoms with van der Waals surface area (Å²) in [4.78, 5) is 11.9. The zero-order valence-electron chi connectivity index (χ0n) is 13.3. The van der Waals surface area contributed by atoms with Crippen molar-refractivity contribution >= 4 is 5.91 Å². The Hall–Kier alpha value is -1.39. The first-order valence-electron chi connectivity index (χ1n) is 7.65. The molecule has 0 radical (unpaired) electrons. The van der Waals surface area contributed by atoms with Crippen molar-refractivity contribution in [3.05, 3.63) is 35.9 Å². The Kier molecular flexibility index (Phi) is 7.40. The lowest BCUT2D eigenvalue weighted by atomic mass is 9.98. The Morgan fingerprint density at radius 2 is 1.86 bits per heavy atom. The highest BCUT2D eigenvalue weighted by molar-refractivity contribution is 5.76. The summed E-state index contributed by atoms with van der Waals surface area (Å²) in [6.45, 7) is 6.73. The lowest BCUT2D eigenvalue weighted by Crippen LogP contribution is -2.40. The van der Waals surface area contributed by atoms with Crippen LogP contribution in [-0.4, -0.2) is 29.7 Å². The van der Waals surface area contributed by atoms with Crippen molar-refractivity contribution in [1.29, 1.82) is 0 Å². The highest BCUT2D eigenvalue weighted by atomic mass is 16.3. The van der Waals surface area contributed by atoms with E-state index >= 15 is 0 Å². The Labute approximate surface area is 127 Å². The summed E-state index contributed by atoms with van der Waals surface area (Å²) >= 11 is 0. The van der Waals surface area contributed by atoms with Gasteiger partial charge in [0.25, 0.3) is 0 Å². The van der Waals surface area contributed by atoms with E-state index in [1.807, 2.05) is 44.2 Å². The Bertz CT molecular complexity index is 420. The molecule has 21 heavy (non-hydrogen) atoms. The maximum absolute atomic E-state index is 11.9. The van der Waals surface area contributed by atoms with Crippen molar-refractivity contribution in [2.45, 2.75) is 51.7 Å². The number of nitrogens with one attached hydrogen (secondary N) is 1. The van der Waals surface area contributed by atoms with Crippen LogP contribution in [0.5, 0.6) is 0 Å². The standard InChI is InChI=1S/C17H28N2O2/c1-12(2)9-15(18)16(20)10-17(21)19-11-13(3)14-7-5-4-6-8-14/h4-8,12-13,15-16,20H,9-11,18H2,1-3H3,(H,19,21). The van der Waals surface area contributed by atoms with Gasteiger partial charge in [0.05, 0.1) is 12.5 Å². The monoisotopic (exact) mass is 292 g/mol. The van der Waals surface area contributed by atoms with Crippen LogP contribution in [-0.2, 0) is 4.79 Å². The molecule has 0 saturated heterocycles. The fourth-order valence-electron chi connectivity index (χ4n) is 2.28. The first-order valence-corrected chi connectivity index (χ1v) is 7.65. The molecule has 0 aliphatic heterocycles. The molecule has 0 aliphatic rings. The normalized spacial score (nSPS) is 15.5. The summed E-state index contributed by atoms with van der Waals surface area (Å²) in [6.07, 6.45) is 0.00370. The van der Waals surface area contributed by atoms with E-state index in [-0.39, 0.29) is 24.3 Å². The highest BCUT2D eigenvalue weighted by Gasteiger charge is 2.19. The van der Waals surface area contributed by atoms with Crippen molar-refractivity contribution in [3.8, 4) is 0 Å². The molecule has 1 aromatic rings. The molecule has 4 N–H and O–H groups in total. The number of benzene rings is 1. The van der Waals surface area contributed by atoms with Crippen LogP contribution in [0.4, 0.5) is 0 Å². The van der Waals surface area contributed by atoms with Crippen LogP contribution in [0.15, 0.2) is 30.3 Å². The van der Waals surface area contributed by atoms with Crippen LogP contribution in [0, 0.1) is 5.92 Å². The number of carbonyl (C=O) groups excluding carboxylic acids is 1. The molecule has 0 bridgehead atoms. The Morgan fingerprint density at radius 3 is 2.43 bits per heavy atom. The van der Waals surface area contributed by atoms with Gasteiger partial charge in [-0.05, 0) is 23.8 Å². The van der Waals surface area contributed by atoms with Gasteiger partial charge in [0.2, 0.25) is 5.91 Å². The fourth-order valence-corrected chi connectivity index (χ4v) is 2.28. The van der Waals surface area contributed by atoms with Crippen LogP contribution in [0.25, 0.3) is 0 Å². The van der Waals surface area contributed by atoms with Gasteiger partial charge in [-0.2, -0.15) is 0 Å². The van der Waals surface area contributed by atoms with Crippen LogP contribution in [0.2, 0.25) is 0 Å². The van der Waals surface area contributed by atoms with E-state index < -0.39 is 6.10 Å². The minimum atomic E-state index is -0.778. The van der Waals surface area contributed by atoms with E-state index in [0.29, 0.717) is 12.5 Å². The second kappa shape index (κ2) is 8.80. The molecule has 1 amide bonds. The lowest BCUT2D eigenvalue weighted by Gasteiger charge is -2.20. The van der Waals surface area contributed by atoms with E-state index in [4.69, 9.17) is 5.73 Å². The van der Waals surface area contributed by atoms with E-state index in [0.717, 1.165) is 6.42 Å². The van der Waals surface area contributed by atoms with Gasteiger partial charge in [-0.15, -0.1) is 0 Å². The summed E-state index contributed by atoms with van der Waals surface area (Å²) in [5.74, 6) is 0.511. The van der Waals surface area contributed by atoms with Crippen molar-refractivity contribution in [2.75, 3.05) is 6.54 Å². The maximum atomic E-state index is 11.9. The third-order valence-corrected chi connectivity index (χ3v) is 3.61. The summed E-state index contributed by atoms with van der Waals surface area (Å²) < 4.78 is 0. The van der Waals surface area contributed by atoms with Gasteiger partial charge in [-0.3, -0.25) is 4.79 Å². The maximum Gasteiger partial charge on any atom is 0.222 e. The molecule has 3 unspecified atom stereocenters. The third kappa shape index (κ3) is 6.74. The smallest absolute Gasteiger partial charge is 0.222 e. The number of aliphatic hydroxyl groups is 1. The van der Waals surface area contributed by atoms with Gasteiger partial charge in [-0.1, -0.05) is 51.1 Å². The van der Waals surface area contributed by atoms with Gasteiger partial charge in [0.15, 0.2) is 0 Å². The average molecular weight is 292 g/mol. The minimum absolute atomic E-state index is 0.0649. The molecule has 0 aliphatic carbocycles. The summed E-state index contributed by atoms with van der Waals surface area (Å²) in [7, 11) is 0. The van der Waals surface area contributed by atoms with Crippen molar-refractivity contribution in [1.82, 2.24) is 5.32 Å². The molecule has 0 fully saturated rings. The molecule has 4 heteroatoms. The van der Waals surface area contributed by atoms with Gasteiger partial charge < -0.3 is 16.2 Å². The minimum Gasteiger partial charge on any atom is -0.391 e. The number of nitrogens with two attached hydrogens (primary N) is 1. The average Bonchev–Trinajstić information content (AvgIpc) is 2.44. The predicted molar refractivity (Wildman–Crippen MR) is 85.9 cm³/mol. The van der Waals surface area contributed by atoms with Crippen LogP contribution >= 0.6 is 0 Å². The number of carbonyl (C=O) groups is 1. The first kappa shape index (κ1) is 17.7. The van der Waals surface area contributed by atoms with Crippen molar-refractivity contribution in [3.63, 3.8) is 0 Å². The molecule has 0 aromatic heterocycles. The summed E-state index contributed by atoms with van der Waals surface area (Å²) in [5.41, 5.74) is 7.07. The quantitative estimate of drug-likeness (QED) is 0.686. The molecule has 1 rings (SSSR count). The number of aliphatic hydroxyl groups excluding tert-OH is 1. The molecule has 1 aromatic carbocycles. The Morgan fingerprint density at radius 1 is 1.24 bits per heavy atom. The van der Waals surface area contributed by atoms with E-state index in [1.165, 1.54) is 5.56 Å². The van der Waals surface area contributed by atoms with Gasteiger partial charge in [-0.25, -0.2) is 0 Å². The van der Waals surface area contributed by atoms with E-state index in [2.05, 4.69) is 12.2 Å². The van der Waals surface area contributed by atoms with E-state index in [9.17, 15) is 9.90 Å². The van der Waals surface area contributed by atoms with Crippen molar-refractivity contribution in [2.24, 2.45) is 11.7 Å². The zero-order valence-corrected chi connectivity index (χ0v) is 13.3. The van der Waals surface area contributed by atoms with Gasteiger partial charge in [0, 0.05) is 12.6 Å². The molecule has 4 nitrogen and oxygen atoms in total. The molecule has 0 saturated carbocycles. The number of hydrogen-bond acceptors (Lipinski definition) is 3. The summed E-state index contributed by atoms with van der Waals surface area (Å²) in [5, 5.41) is 12.8. The van der Waals surface area contributed by atoms with Gasteiger partial charge >= 0.3 is 0 Å². The fraction of sp³-hybridized carbons (Fsp3) is 0.588. The molecule has 118 valence electrons. The molecule has 3 atom stereocenters. The molecular weight excluding hydrogens is 264 g/mol. The van der Waals surface area contributed by atoms with Crippen LogP contribution in [0.1, 0.15) is 45.1 Å². The SMILES string of the molecule is CC(C)CC(N)C(O)CC(=O)NCC(C)c1ccccc1. The first-order chi connectivity index (χ1) is 9.90. The largest absolute Gasteiger partial charge is 0.391 e. The number of hydrogen-bond donors (Lipinski definition) is 3.